The number of methoxy groups -OCH3 is 1. The highest BCUT2D eigenvalue weighted by atomic mass is 16.5. The first kappa shape index (κ1) is 20.1. The van der Waals surface area contributed by atoms with Crippen molar-refractivity contribution in [1.29, 1.82) is 0 Å². The summed E-state index contributed by atoms with van der Waals surface area (Å²) in [6.07, 6.45) is 1.85. The fourth-order valence-electron chi connectivity index (χ4n) is 3.90. The number of imidazole rings is 1. The SMILES string of the molecule is CCOc1ccc(CNC(=O)[C@@H]2CCCN(c3nc4ccccc4[nH]3)C2)cc1OC. The Balaban J connectivity index is 1.37. The maximum Gasteiger partial charge on any atom is 0.225 e. The molecule has 1 aromatic heterocycles. The van der Waals surface area contributed by atoms with Gasteiger partial charge in [-0.25, -0.2) is 4.98 Å². The third-order valence-electron chi connectivity index (χ3n) is 5.46. The number of benzene rings is 2. The van der Waals surface area contributed by atoms with E-state index in [1.165, 1.54) is 0 Å². The van der Waals surface area contributed by atoms with Crippen LogP contribution < -0.4 is 19.7 Å². The molecule has 3 aromatic rings. The van der Waals surface area contributed by atoms with Gasteiger partial charge < -0.3 is 24.7 Å². The van der Waals surface area contributed by atoms with Gasteiger partial charge in [-0.3, -0.25) is 4.79 Å². The third kappa shape index (κ3) is 4.35. The molecule has 1 atom stereocenters. The van der Waals surface area contributed by atoms with Crippen molar-refractivity contribution >= 4 is 22.9 Å². The molecule has 7 nitrogen and oxygen atoms in total. The molecule has 0 radical (unpaired) electrons. The summed E-state index contributed by atoms with van der Waals surface area (Å²) in [4.78, 5) is 23.0. The lowest BCUT2D eigenvalue weighted by Crippen LogP contribution is -2.43. The monoisotopic (exact) mass is 408 g/mol. The van der Waals surface area contributed by atoms with Crippen LogP contribution in [0.2, 0.25) is 0 Å². The van der Waals surface area contributed by atoms with Crippen molar-refractivity contribution in [2.45, 2.75) is 26.3 Å². The van der Waals surface area contributed by atoms with Crippen molar-refractivity contribution in [2.75, 3.05) is 31.7 Å². The van der Waals surface area contributed by atoms with Crippen LogP contribution in [0.1, 0.15) is 25.3 Å². The predicted molar refractivity (Wildman–Crippen MR) is 117 cm³/mol. The van der Waals surface area contributed by atoms with Gasteiger partial charge in [0.15, 0.2) is 11.5 Å². The van der Waals surface area contributed by atoms with Gasteiger partial charge in [0.2, 0.25) is 11.9 Å². The summed E-state index contributed by atoms with van der Waals surface area (Å²) in [5.74, 6) is 2.24. The molecule has 0 aliphatic carbocycles. The van der Waals surface area contributed by atoms with Gasteiger partial charge in [-0.2, -0.15) is 0 Å². The van der Waals surface area contributed by atoms with E-state index in [1.807, 2.05) is 49.4 Å². The van der Waals surface area contributed by atoms with Crippen LogP contribution in [0.3, 0.4) is 0 Å². The zero-order valence-electron chi connectivity index (χ0n) is 17.5. The van der Waals surface area contributed by atoms with Gasteiger partial charge in [-0.1, -0.05) is 18.2 Å². The quantitative estimate of drug-likeness (QED) is 0.626. The van der Waals surface area contributed by atoms with E-state index >= 15 is 0 Å². The fourth-order valence-corrected chi connectivity index (χ4v) is 3.90. The molecule has 7 heteroatoms. The van der Waals surface area contributed by atoms with E-state index in [1.54, 1.807) is 7.11 Å². The lowest BCUT2D eigenvalue weighted by Gasteiger charge is -2.31. The van der Waals surface area contributed by atoms with Crippen molar-refractivity contribution in [3.8, 4) is 11.5 Å². The zero-order valence-corrected chi connectivity index (χ0v) is 17.5. The fraction of sp³-hybridized carbons (Fsp3) is 0.391. The number of aromatic amines is 1. The zero-order chi connectivity index (χ0) is 20.9. The average molecular weight is 409 g/mol. The Bertz CT molecular complexity index is 984. The van der Waals surface area contributed by atoms with Gasteiger partial charge in [0.1, 0.15) is 0 Å². The van der Waals surface area contributed by atoms with Gasteiger partial charge in [-0.05, 0) is 49.6 Å². The summed E-state index contributed by atoms with van der Waals surface area (Å²) in [6.45, 7) is 4.54. The van der Waals surface area contributed by atoms with Crippen LogP contribution in [0, 0.1) is 5.92 Å². The number of fused-ring (bicyclic) bond motifs is 1. The maximum absolute atomic E-state index is 12.8. The molecular weight excluding hydrogens is 380 g/mol. The number of piperidine rings is 1. The predicted octanol–water partition coefficient (Wildman–Crippen LogP) is 3.50. The van der Waals surface area contributed by atoms with Gasteiger partial charge in [0.25, 0.3) is 0 Å². The van der Waals surface area contributed by atoms with Crippen LogP contribution in [0.5, 0.6) is 11.5 Å². The molecular formula is C23H28N4O3. The maximum atomic E-state index is 12.8. The van der Waals surface area contributed by atoms with E-state index in [4.69, 9.17) is 9.47 Å². The topological polar surface area (TPSA) is 79.5 Å². The van der Waals surface area contributed by atoms with Gasteiger partial charge >= 0.3 is 0 Å². The Hall–Kier alpha value is -3.22. The van der Waals surface area contributed by atoms with E-state index in [0.29, 0.717) is 31.2 Å². The van der Waals surface area contributed by atoms with Crippen LogP contribution in [-0.4, -0.2) is 42.7 Å². The first-order chi connectivity index (χ1) is 14.7. The summed E-state index contributed by atoms with van der Waals surface area (Å²) in [5.41, 5.74) is 2.95. The molecule has 0 bridgehead atoms. The van der Waals surface area contributed by atoms with Crippen molar-refractivity contribution in [1.82, 2.24) is 15.3 Å². The number of carbonyl (C=O) groups is 1. The van der Waals surface area contributed by atoms with E-state index in [2.05, 4.69) is 20.2 Å². The highest BCUT2D eigenvalue weighted by Gasteiger charge is 2.27. The highest BCUT2D eigenvalue weighted by molar-refractivity contribution is 5.80. The Morgan fingerprint density at radius 1 is 1.27 bits per heavy atom. The molecule has 1 saturated heterocycles. The number of ether oxygens (including phenoxy) is 2. The van der Waals surface area contributed by atoms with Crippen LogP contribution in [-0.2, 0) is 11.3 Å². The number of hydrogen-bond donors (Lipinski definition) is 2. The Labute approximate surface area is 176 Å². The summed E-state index contributed by atoms with van der Waals surface area (Å²) < 4.78 is 10.9. The van der Waals surface area contributed by atoms with Crippen molar-refractivity contribution in [3.05, 3.63) is 48.0 Å². The van der Waals surface area contributed by atoms with Crippen LogP contribution in [0.4, 0.5) is 5.95 Å². The molecule has 30 heavy (non-hydrogen) atoms. The van der Waals surface area contributed by atoms with E-state index in [9.17, 15) is 4.79 Å². The second-order valence-corrected chi connectivity index (χ2v) is 7.50. The number of carbonyl (C=O) groups excluding carboxylic acids is 1. The van der Waals surface area contributed by atoms with Crippen LogP contribution in [0.25, 0.3) is 11.0 Å². The number of amides is 1. The number of hydrogen-bond acceptors (Lipinski definition) is 5. The van der Waals surface area contributed by atoms with Gasteiger partial charge in [0, 0.05) is 19.6 Å². The smallest absolute Gasteiger partial charge is 0.225 e. The molecule has 2 N–H and O–H groups in total. The number of H-pyrrole nitrogens is 1. The number of aromatic nitrogens is 2. The normalized spacial score (nSPS) is 16.5. The Morgan fingerprint density at radius 2 is 2.13 bits per heavy atom. The molecule has 0 unspecified atom stereocenters. The van der Waals surface area contributed by atoms with Crippen LogP contribution in [0.15, 0.2) is 42.5 Å². The molecule has 1 aliphatic heterocycles. The second kappa shape index (κ2) is 9.07. The molecule has 4 rings (SSSR count). The van der Waals surface area contributed by atoms with Gasteiger partial charge in [-0.15, -0.1) is 0 Å². The Morgan fingerprint density at radius 3 is 2.93 bits per heavy atom. The first-order valence-electron chi connectivity index (χ1n) is 10.4. The number of nitrogens with one attached hydrogen (secondary N) is 2. The molecule has 1 aliphatic rings. The summed E-state index contributed by atoms with van der Waals surface area (Å²) in [5, 5.41) is 3.08. The standard InChI is InChI=1S/C23H28N4O3/c1-3-30-20-11-10-16(13-21(20)29-2)14-24-22(28)17-7-6-12-27(15-17)23-25-18-8-4-5-9-19(18)26-23/h4-5,8-11,13,17H,3,6-7,12,14-15H2,1-2H3,(H,24,28)(H,25,26)/t17-/m1/s1. The molecule has 1 fully saturated rings. The molecule has 2 heterocycles. The molecule has 2 aromatic carbocycles. The lowest BCUT2D eigenvalue weighted by molar-refractivity contribution is -0.125. The van der Waals surface area contributed by atoms with E-state index < -0.39 is 0 Å². The first-order valence-corrected chi connectivity index (χ1v) is 10.4. The van der Waals surface area contributed by atoms with Crippen molar-refractivity contribution in [2.24, 2.45) is 5.92 Å². The minimum Gasteiger partial charge on any atom is -0.493 e. The highest BCUT2D eigenvalue weighted by Crippen LogP contribution is 2.28. The van der Waals surface area contributed by atoms with E-state index in [-0.39, 0.29) is 11.8 Å². The number of anilines is 1. The van der Waals surface area contributed by atoms with Crippen LogP contribution >= 0.6 is 0 Å². The number of nitrogens with zero attached hydrogens (tertiary/aromatic N) is 2. The second-order valence-electron chi connectivity index (χ2n) is 7.50. The summed E-state index contributed by atoms with van der Waals surface area (Å²) in [6, 6.07) is 13.7. The van der Waals surface area contributed by atoms with Crippen molar-refractivity contribution < 1.29 is 14.3 Å². The molecule has 0 spiro atoms. The lowest BCUT2D eigenvalue weighted by atomic mass is 9.97. The van der Waals surface area contributed by atoms with Crippen molar-refractivity contribution in [3.63, 3.8) is 0 Å². The minimum atomic E-state index is -0.0587. The molecule has 158 valence electrons. The number of rotatable bonds is 7. The number of para-hydroxylation sites is 2. The average Bonchev–Trinajstić information content (AvgIpc) is 3.23. The summed E-state index contributed by atoms with van der Waals surface area (Å²) in [7, 11) is 1.62. The summed E-state index contributed by atoms with van der Waals surface area (Å²) >= 11 is 0. The van der Waals surface area contributed by atoms with Gasteiger partial charge in [0.05, 0.1) is 30.7 Å². The molecule has 0 saturated carbocycles. The third-order valence-corrected chi connectivity index (χ3v) is 5.46. The Kier molecular flexibility index (Phi) is 6.07. The largest absolute Gasteiger partial charge is 0.493 e. The minimum absolute atomic E-state index is 0.0587. The molecule has 1 amide bonds. The van der Waals surface area contributed by atoms with E-state index in [0.717, 1.165) is 41.9 Å².